The molecule has 4 aromatic rings. The minimum Gasteiger partial charge on any atom is -0.496 e. The first-order valence-electron chi connectivity index (χ1n) is 8.45. The van der Waals surface area contributed by atoms with Crippen molar-refractivity contribution in [3.63, 3.8) is 0 Å². The summed E-state index contributed by atoms with van der Waals surface area (Å²) in [5.74, 6) is 0.931. The Kier molecular flexibility index (Phi) is 4.05. The molecule has 3 heteroatoms. The molecule has 0 aliphatic rings. The van der Waals surface area contributed by atoms with Gasteiger partial charge < -0.3 is 9.47 Å². The van der Waals surface area contributed by atoms with Crippen LogP contribution in [0.5, 0.6) is 11.5 Å². The smallest absolute Gasteiger partial charge is 0.308 e. The van der Waals surface area contributed by atoms with Crippen LogP contribution < -0.4 is 9.47 Å². The van der Waals surface area contributed by atoms with Gasteiger partial charge in [0.1, 0.15) is 11.5 Å². The summed E-state index contributed by atoms with van der Waals surface area (Å²) >= 11 is 0. The molecule has 0 atom stereocenters. The van der Waals surface area contributed by atoms with E-state index in [4.69, 9.17) is 9.47 Å². The average molecular weight is 342 g/mol. The topological polar surface area (TPSA) is 35.5 Å². The van der Waals surface area contributed by atoms with Crippen LogP contribution in [0, 0.1) is 0 Å². The van der Waals surface area contributed by atoms with Crippen LogP contribution in [0.25, 0.3) is 32.7 Å². The summed E-state index contributed by atoms with van der Waals surface area (Å²) < 4.78 is 11.2. The molecule has 0 aromatic heterocycles. The molecule has 26 heavy (non-hydrogen) atoms. The quantitative estimate of drug-likeness (QED) is 0.359. The number of rotatable bonds is 3. The Hall–Kier alpha value is -3.33. The number of esters is 1. The second-order valence-corrected chi connectivity index (χ2v) is 6.12. The Bertz CT molecular complexity index is 1130. The molecular weight excluding hydrogens is 324 g/mol. The summed E-state index contributed by atoms with van der Waals surface area (Å²) in [7, 11) is 1.66. The summed E-state index contributed by atoms with van der Waals surface area (Å²) in [5, 5.41) is 4.25. The van der Waals surface area contributed by atoms with Gasteiger partial charge in [-0.15, -0.1) is 0 Å². The number of carbonyl (C=O) groups excluding carboxylic acids is 1. The van der Waals surface area contributed by atoms with Gasteiger partial charge in [-0.2, -0.15) is 0 Å². The summed E-state index contributed by atoms with van der Waals surface area (Å²) in [6.45, 7) is 1.42. The first kappa shape index (κ1) is 16.2. The Morgan fingerprint density at radius 2 is 1.19 bits per heavy atom. The van der Waals surface area contributed by atoms with Crippen LogP contribution in [-0.2, 0) is 4.79 Å². The van der Waals surface area contributed by atoms with Crippen molar-refractivity contribution in [2.45, 2.75) is 6.92 Å². The van der Waals surface area contributed by atoms with Crippen LogP contribution >= 0.6 is 0 Å². The molecule has 0 aliphatic carbocycles. The van der Waals surface area contributed by atoms with Gasteiger partial charge in [0.2, 0.25) is 0 Å². The summed E-state index contributed by atoms with van der Waals surface area (Å²) in [6.07, 6.45) is 0. The Morgan fingerprint density at radius 1 is 0.692 bits per heavy atom. The Labute approximate surface area is 151 Å². The molecule has 0 N–H and O–H groups in total. The molecule has 4 rings (SSSR count). The summed E-state index contributed by atoms with van der Waals surface area (Å²) in [4.78, 5) is 11.7. The van der Waals surface area contributed by atoms with Gasteiger partial charge in [0, 0.05) is 18.1 Å². The maximum Gasteiger partial charge on any atom is 0.308 e. The van der Waals surface area contributed by atoms with Crippen LogP contribution in [-0.4, -0.2) is 13.1 Å². The van der Waals surface area contributed by atoms with E-state index in [1.807, 2.05) is 60.7 Å². The lowest BCUT2D eigenvalue weighted by molar-refractivity contribution is -0.131. The molecule has 4 aromatic carbocycles. The van der Waals surface area contributed by atoms with Crippen molar-refractivity contribution in [2.75, 3.05) is 7.11 Å². The molecule has 3 nitrogen and oxygen atoms in total. The Balaban J connectivity index is 2.17. The minimum absolute atomic E-state index is 0.347. The van der Waals surface area contributed by atoms with Gasteiger partial charge in [-0.1, -0.05) is 60.7 Å². The van der Waals surface area contributed by atoms with Crippen molar-refractivity contribution in [1.29, 1.82) is 0 Å². The predicted octanol–water partition coefficient (Wildman–Crippen LogP) is 5.59. The number of fused-ring (bicyclic) bond motifs is 2. The van der Waals surface area contributed by atoms with Crippen molar-refractivity contribution in [2.24, 2.45) is 0 Å². The van der Waals surface area contributed by atoms with Crippen LogP contribution in [0.1, 0.15) is 6.92 Å². The monoisotopic (exact) mass is 342 g/mol. The van der Waals surface area contributed by atoms with Crippen molar-refractivity contribution >= 4 is 27.5 Å². The normalized spacial score (nSPS) is 10.8. The molecule has 0 aliphatic heterocycles. The van der Waals surface area contributed by atoms with E-state index in [-0.39, 0.29) is 5.97 Å². The second kappa shape index (κ2) is 6.52. The van der Waals surface area contributed by atoms with Crippen molar-refractivity contribution in [3.8, 4) is 22.6 Å². The van der Waals surface area contributed by atoms with E-state index in [2.05, 4.69) is 12.1 Å². The summed E-state index contributed by atoms with van der Waals surface area (Å²) in [5.41, 5.74) is 1.80. The van der Waals surface area contributed by atoms with Gasteiger partial charge >= 0.3 is 5.97 Å². The van der Waals surface area contributed by atoms with Gasteiger partial charge in [0.15, 0.2) is 0 Å². The van der Waals surface area contributed by atoms with Gasteiger partial charge in [0.05, 0.1) is 7.11 Å². The highest BCUT2D eigenvalue weighted by atomic mass is 16.5. The highest BCUT2D eigenvalue weighted by Gasteiger charge is 2.19. The zero-order chi connectivity index (χ0) is 18.1. The number of hydrogen-bond acceptors (Lipinski definition) is 3. The van der Waals surface area contributed by atoms with E-state index < -0.39 is 0 Å². The molecule has 0 saturated heterocycles. The second-order valence-electron chi connectivity index (χ2n) is 6.12. The lowest BCUT2D eigenvalue weighted by Gasteiger charge is -2.17. The molecule has 128 valence electrons. The minimum atomic E-state index is -0.347. The lowest BCUT2D eigenvalue weighted by Crippen LogP contribution is -2.03. The van der Waals surface area contributed by atoms with Gasteiger partial charge in [-0.25, -0.2) is 0 Å². The SMILES string of the molecule is COc1ccc2ccccc2c1-c1c(OC(C)=O)ccc2ccccc12. The third-order valence-electron chi connectivity index (χ3n) is 4.51. The predicted molar refractivity (Wildman–Crippen MR) is 105 cm³/mol. The van der Waals surface area contributed by atoms with Crippen molar-refractivity contribution in [1.82, 2.24) is 0 Å². The molecule has 0 unspecified atom stereocenters. The fraction of sp³-hybridized carbons (Fsp3) is 0.0870. The maximum absolute atomic E-state index is 11.7. The third kappa shape index (κ3) is 2.68. The number of methoxy groups -OCH3 is 1. The number of hydrogen-bond donors (Lipinski definition) is 0. The lowest BCUT2D eigenvalue weighted by atomic mass is 9.92. The number of benzene rings is 4. The third-order valence-corrected chi connectivity index (χ3v) is 4.51. The highest BCUT2D eigenvalue weighted by molar-refractivity contribution is 6.10. The molecule has 0 bridgehead atoms. The number of ether oxygens (including phenoxy) is 2. The van der Waals surface area contributed by atoms with Crippen LogP contribution in [0.3, 0.4) is 0 Å². The van der Waals surface area contributed by atoms with Gasteiger partial charge in [0.25, 0.3) is 0 Å². The molecular formula is C23H18O3. The molecule has 0 amide bonds. The highest BCUT2D eigenvalue weighted by Crippen LogP contribution is 2.45. The molecule has 0 fully saturated rings. The van der Waals surface area contributed by atoms with E-state index in [9.17, 15) is 4.79 Å². The van der Waals surface area contributed by atoms with Crippen LogP contribution in [0.2, 0.25) is 0 Å². The van der Waals surface area contributed by atoms with Gasteiger partial charge in [-0.3, -0.25) is 4.79 Å². The first-order valence-corrected chi connectivity index (χ1v) is 8.45. The first-order chi connectivity index (χ1) is 12.7. The standard InChI is InChI=1S/C23H18O3/c1-15(24)26-21-14-12-17-8-4-6-10-19(17)23(21)22-18-9-5-3-7-16(18)11-13-20(22)25-2/h3-14H,1-2H3. The zero-order valence-electron chi connectivity index (χ0n) is 14.7. The van der Waals surface area contributed by atoms with Crippen LogP contribution in [0.4, 0.5) is 0 Å². The van der Waals surface area contributed by atoms with E-state index >= 15 is 0 Å². The number of carbonyl (C=O) groups is 1. The molecule has 0 heterocycles. The van der Waals surface area contributed by atoms with E-state index in [1.54, 1.807) is 7.11 Å². The van der Waals surface area contributed by atoms with Gasteiger partial charge in [-0.05, 0) is 33.7 Å². The van der Waals surface area contributed by atoms with Crippen LogP contribution in [0.15, 0.2) is 72.8 Å². The fourth-order valence-electron chi connectivity index (χ4n) is 3.43. The molecule has 0 radical (unpaired) electrons. The maximum atomic E-state index is 11.7. The zero-order valence-corrected chi connectivity index (χ0v) is 14.7. The fourth-order valence-corrected chi connectivity index (χ4v) is 3.43. The molecule has 0 spiro atoms. The average Bonchev–Trinajstić information content (AvgIpc) is 2.67. The van der Waals surface area contributed by atoms with Crippen molar-refractivity contribution in [3.05, 3.63) is 72.8 Å². The van der Waals surface area contributed by atoms with E-state index in [0.29, 0.717) is 5.75 Å². The molecule has 0 saturated carbocycles. The van der Waals surface area contributed by atoms with E-state index in [0.717, 1.165) is 38.4 Å². The van der Waals surface area contributed by atoms with E-state index in [1.165, 1.54) is 6.92 Å². The largest absolute Gasteiger partial charge is 0.496 e. The van der Waals surface area contributed by atoms with Crippen molar-refractivity contribution < 1.29 is 14.3 Å². The summed E-state index contributed by atoms with van der Waals surface area (Å²) in [6, 6.07) is 24.0. The Morgan fingerprint density at radius 3 is 1.73 bits per heavy atom.